The number of carboxylic acids is 1. The van der Waals surface area contributed by atoms with Gasteiger partial charge in [-0.15, -0.1) is 0 Å². The molecule has 7 nitrogen and oxygen atoms in total. The van der Waals surface area contributed by atoms with Gasteiger partial charge in [0, 0.05) is 4.47 Å². The van der Waals surface area contributed by atoms with Crippen LogP contribution in [0.2, 0.25) is 0 Å². The summed E-state index contributed by atoms with van der Waals surface area (Å²) < 4.78 is 1.90. The van der Waals surface area contributed by atoms with Crippen molar-refractivity contribution in [1.29, 1.82) is 0 Å². The van der Waals surface area contributed by atoms with Gasteiger partial charge in [-0.25, -0.2) is 9.48 Å². The van der Waals surface area contributed by atoms with Crippen LogP contribution in [0.5, 0.6) is 0 Å². The Morgan fingerprint density at radius 2 is 2.05 bits per heavy atom. The van der Waals surface area contributed by atoms with Crippen molar-refractivity contribution in [3.05, 3.63) is 40.1 Å². The third-order valence-corrected chi connectivity index (χ3v) is 2.91. The molecule has 5 N–H and O–H groups in total. The number of nitrogen functional groups attached to an aromatic ring is 1. The number of carbonyl (C=O) groups excluding carboxylic acids is 1. The van der Waals surface area contributed by atoms with Crippen LogP contribution in [0.1, 0.15) is 20.8 Å². The second kappa shape index (κ2) is 4.73. The highest BCUT2D eigenvalue weighted by Gasteiger charge is 2.17. The van der Waals surface area contributed by atoms with Crippen molar-refractivity contribution in [1.82, 2.24) is 9.78 Å². The molecule has 8 heteroatoms. The van der Waals surface area contributed by atoms with Gasteiger partial charge in [0.1, 0.15) is 0 Å². The molecule has 2 rings (SSSR count). The van der Waals surface area contributed by atoms with E-state index in [4.69, 9.17) is 16.6 Å². The zero-order valence-electron chi connectivity index (χ0n) is 9.50. The van der Waals surface area contributed by atoms with E-state index in [-0.39, 0.29) is 16.9 Å². The first-order chi connectivity index (χ1) is 8.90. The molecule has 0 bridgehead atoms. The fraction of sp³-hybridized carbons (Fsp3) is 0. The third-order valence-electron chi connectivity index (χ3n) is 2.42. The lowest BCUT2D eigenvalue weighted by atomic mass is 10.1. The molecule has 1 heterocycles. The van der Waals surface area contributed by atoms with Crippen LogP contribution in [-0.2, 0) is 0 Å². The largest absolute Gasteiger partial charge is 0.476 e. The molecule has 98 valence electrons. The number of carbonyl (C=O) groups is 2. The second-order valence-electron chi connectivity index (χ2n) is 3.71. The summed E-state index contributed by atoms with van der Waals surface area (Å²) in [4.78, 5) is 22.2. The molecular formula is C11H9BrN4O3. The summed E-state index contributed by atoms with van der Waals surface area (Å²) in [7, 11) is 0. The maximum absolute atomic E-state index is 11.4. The lowest BCUT2D eigenvalue weighted by Gasteiger charge is -2.07. The van der Waals surface area contributed by atoms with Gasteiger partial charge in [0.25, 0.3) is 5.91 Å². The van der Waals surface area contributed by atoms with Gasteiger partial charge in [0.2, 0.25) is 0 Å². The van der Waals surface area contributed by atoms with E-state index < -0.39 is 11.9 Å². The third kappa shape index (κ3) is 2.43. The number of benzene rings is 1. The Morgan fingerprint density at radius 1 is 1.37 bits per heavy atom. The van der Waals surface area contributed by atoms with Crippen LogP contribution in [0.3, 0.4) is 0 Å². The van der Waals surface area contributed by atoms with Crippen LogP contribution < -0.4 is 11.5 Å². The number of halogens is 1. The van der Waals surface area contributed by atoms with E-state index in [0.717, 1.165) is 0 Å². The summed E-state index contributed by atoms with van der Waals surface area (Å²) in [6.07, 6.45) is 1.32. The summed E-state index contributed by atoms with van der Waals surface area (Å²) in [5.74, 6) is -1.89. The van der Waals surface area contributed by atoms with E-state index in [2.05, 4.69) is 21.0 Å². The Balaban J connectivity index is 2.64. The normalized spacial score (nSPS) is 10.4. The van der Waals surface area contributed by atoms with Crippen LogP contribution in [0.15, 0.2) is 28.9 Å². The SMILES string of the molecule is NC(=O)c1ccc(Br)cc1-n1cc(N)c(C(=O)O)n1. The van der Waals surface area contributed by atoms with E-state index >= 15 is 0 Å². The zero-order valence-corrected chi connectivity index (χ0v) is 11.1. The molecule has 1 aromatic carbocycles. The maximum Gasteiger partial charge on any atom is 0.358 e. The molecule has 1 amide bonds. The number of nitrogens with two attached hydrogens (primary N) is 2. The highest BCUT2D eigenvalue weighted by Crippen LogP contribution is 2.22. The second-order valence-corrected chi connectivity index (χ2v) is 4.62. The molecule has 0 saturated carbocycles. The van der Waals surface area contributed by atoms with Crippen molar-refractivity contribution >= 4 is 33.5 Å². The van der Waals surface area contributed by atoms with Gasteiger partial charge >= 0.3 is 5.97 Å². The zero-order chi connectivity index (χ0) is 14.2. The topological polar surface area (TPSA) is 124 Å². The van der Waals surface area contributed by atoms with E-state index in [9.17, 15) is 9.59 Å². The maximum atomic E-state index is 11.4. The van der Waals surface area contributed by atoms with Crippen molar-refractivity contribution in [2.75, 3.05) is 5.73 Å². The summed E-state index contributed by atoms with van der Waals surface area (Å²) in [5, 5.41) is 12.7. The minimum atomic E-state index is -1.24. The standard InChI is InChI=1S/C11H9BrN4O3/c12-5-1-2-6(10(14)17)8(3-5)16-4-7(13)9(15-16)11(18)19/h1-4H,13H2,(H2,14,17)(H,18,19). The summed E-state index contributed by atoms with van der Waals surface area (Å²) in [6.45, 7) is 0. The molecule has 0 unspecified atom stereocenters. The number of aromatic carboxylic acids is 1. The van der Waals surface area contributed by atoms with Gasteiger partial charge in [-0.2, -0.15) is 5.10 Å². The quantitative estimate of drug-likeness (QED) is 0.777. The van der Waals surface area contributed by atoms with Crippen molar-refractivity contribution in [3.8, 4) is 5.69 Å². The predicted octanol–water partition coefficient (Wildman–Crippen LogP) is 1.01. The average Bonchev–Trinajstić information content (AvgIpc) is 2.70. The molecule has 0 aliphatic carbocycles. The lowest BCUT2D eigenvalue weighted by molar-refractivity contribution is 0.0691. The first-order valence-corrected chi connectivity index (χ1v) is 5.87. The van der Waals surface area contributed by atoms with Gasteiger partial charge < -0.3 is 16.6 Å². The number of hydrogen-bond acceptors (Lipinski definition) is 4. The van der Waals surface area contributed by atoms with Gasteiger partial charge in [0.05, 0.1) is 23.1 Å². The first-order valence-electron chi connectivity index (χ1n) is 5.08. The van der Waals surface area contributed by atoms with Crippen LogP contribution >= 0.6 is 15.9 Å². The fourth-order valence-electron chi connectivity index (χ4n) is 1.58. The Hall–Kier alpha value is -2.35. The predicted molar refractivity (Wildman–Crippen MR) is 71.2 cm³/mol. The summed E-state index contributed by atoms with van der Waals surface area (Å²) in [5.41, 5.74) is 11.1. The summed E-state index contributed by atoms with van der Waals surface area (Å²) in [6, 6.07) is 4.76. The Bertz CT molecular complexity index is 681. The molecule has 0 saturated heterocycles. The van der Waals surface area contributed by atoms with Gasteiger partial charge in [0.15, 0.2) is 5.69 Å². The molecule has 0 aliphatic rings. The molecule has 19 heavy (non-hydrogen) atoms. The number of nitrogens with zero attached hydrogens (tertiary/aromatic N) is 2. The molecular weight excluding hydrogens is 316 g/mol. The Labute approximate surface area is 115 Å². The van der Waals surface area contributed by atoms with Crippen molar-refractivity contribution in [3.63, 3.8) is 0 Å². The van der Waals surface area contributed by atoms with E-state index in [0.29, 0.717) is 10.2 Å². The average molecular weight is 325 g/mol. The van der Waals surface area contributed by atoms with E-state index in [1.54, 1.807) is 12.1 Å². The lowest BCUT2D eigenvalue weighted by Crippen LogP contribution is -2.15. The van der Waals surface area contributed by atoms with Gasteiger partial charge in [-0.1, -0.05) is 15.9 Å². The van der Waals surface area contributed by atoms with Crippen LogP contribution in [0, 0.1) is 0 Å². The van der Waals surface area contributed by atoms with Crippen LogP contribution in [0.4, 0.5) is 5.69 Å². The number of anilines is 1. The number of aromatic nitrogens is 2. The molecule has 0 radical (unpaired) electrons. The Morgan fingerprint density at radius 3 is 2.58 bits per heavy atom. The monoisotopic (exact) mass is 324 g/mol. The van der Waals surface area contributed by atoms with Crippen LogP contribution in [-0.4, -0.2) is 26.8 Å². The van der Waals surface area contributed by atoms with Crippen molar-refractivity contribution < 1.29 is 14.7 Å². The van der Waals surface area contributed by atoms with Crippen molar-refractivity contribution in [2.45, 2.75) is 0 Å². The number of rotatable bonds is 3. The fourth-order valence-corrected chi connectivity index (χ4v) is 1.93. The molecule has 0 fully saturated rings. The smallest absolute Gasteiger partial charge is 0.358 e. The highest BCUT2D eigenvalue weighted by molar-refractivity contribution is 9.10. The molecule has 2 aromatic rings. The number of amides is 1. The van der Waals surface area contributed by atoms with Crippen LogP contribution in [0.25, 0.3) is 5.69 Å². The van der Waals surface area contributed by atoms with Gasteiger partial charge in [-0.05, 0) is 18.2 Å². The number of primary amides is 1. The summed E-state index contributed by atoms with van der Waals surface area (Å²) >= 11 is 3.26. The molecule has 0 aliphatic heterocycles. The first kappa shape index (κ1) is 13.1. The van der Waals surface area contributed by atoms with E-state index in [1.165, 1.54) is 16.9 Å². The number of carboxylic acid groups (broad SMARTS) is 1. The molecule has 1 aromatic heterocycles. The minimum absolute atomic E-state index is 0.00268. The van der Waals surface area contributed by atoms with Gasteiger partial charge in [-0.3, -0.25) is 4.79 Å². The number of hydrogen-bond donors (Lipinski definition) is 3. The minimum Gasteiger partial charge on any atom is -0.476 e. The molecule has 0 spiro atoms. The Kier molecular flexibility index (Phi) is 3.26. The van der Waals surface area contributed by atoms with Crippen molar-refractivity contribution in [2.24, 2.45) is 5.73 Å². The van der Waals surface area contributed by atoms with E-state index in [1.807, 2.05) is 0 Å². The highest BCUT2D eigenvalue weighted by atomic mass is 79.9. The molecule has 0 atom stereocenters.